The summed E-state index contributed by atoms with van der Waals surface area (Å²) in [4.78, 5) is 17.7. The monoisotopic (exact) mass is 425 g/mol. The molecular weight excluding hydrogens is 390 g/mol. The van der Waals surface area contributed by atoms with Crippen LogP contribution in [0.5, 0.6) is 0 Å². The zero-order chi connectivity index (χ0) is 21.7. The average Bonchev–Trinajstić information content (AvgIpc) is 3.52. The Balaban J connectivity index is 1.32. The maximum Gasteiger partial charge on any atom is 0.130 e. The highest BCUT2D eigenvalue weighted by Gasteiger charge is 2.36. The normalized spacial score (nSPS) is 23.2. The predicted octanol–water partition coefficient (Wildman–Crippen LogP) is 3.49. The molecule has 0 aromatic carbocycles. The zero-order valence-electron chi connectivity index (χ0n) is 18.9. The predicted molar refractivity (Wildman–Crippen MR) is 123 cm³/mol. The smallest absolute Gasteiger partial charge is 0.130 e. The fourth-order valence-electron chi connectivity index (χ4n) is 4.18. The molecule has 0 radical (unpaired) electrons. The molecule has 0 unspecified atom stereocenters. The van der Waals surface area contributed by atoms with E-state index in [4.69, 9.17) is 4.74 Å². The SMILES string of the molecule is COC[C@@H](C)NC1CCC(Nc2cc(-c3cc(NCC4(C)CC4)ncn3)ncn2)CC1. The van der Waals surface area contributed by atoms with Gasteiger partial charge in [0.15, 0.2) is 0 Å². The summed E-state index contributed by atoms with van der Waals surface area (Å²) < 4.78 is 5.23. The van der Waals surface area contributed by atoms with Gasteiger partial charge in [-0.1, -0.05) is 6.92 Å². The number of nitrogens with zero attached hydrogens (tertiary/aromatic N) is 4. The number of ether oxygens (including phenoxy) is 1. The standard InChI is InChI=1S/C23H35N7O/c1-16(12-31-3)29-17-4-6-18(7-5-17)30-22-11-20(26-15-28-22)19-10-21(27-14-25-19)24-13-23(2)8-9-23/h10-11,14-18,29H,4-9,12-13H2,1-3H3,(H,24,25,27)(H,26,28,30)/t16-,17?,18?/m1/s1. The summed E-state index contributed by atoms with van der Waals surface area (Å²) in [6.07, 6.45) is 10.3. The minimum absolute atomic E-state index is 0.392. The van der Waals surface area contributed by atoms with Gasteiger partial charge in [-0.2, -0.15) is 0 Å². The summed E-state index contributed by atoms with van der Waals surface area (Å²) in [6.45, 7) is 6.17. The van der Waals surface area contributed by atoms with Gasteiger partial charge in [0.1, 0.15) is 24.3 Å². The number of nitrogens with one attached hydrogen (secondary N) is 3. The van der Waals surface area contributed by atoms with Crippen LogP contribution < -0.4 is 16.0 Å². The molecular formula is C23H35N7O. The van der Waals surface area contributed by atoms with E-state index in [0.29, 0.717) is 23.5 Å². The second kappa shape index (κ2) is 9.87. The van der Waals surface area contributed by atoms with Crippen molar-refractivity contribution in [2.75, 3.05) is 30.9 Å². The fourth-order valence-corrected chi connectivity index (χ4v) is 4.18. The van der Waals surface area contributed by atoms with Gasteiger partial charge in [-0.3, -0.25) is 0 Å². The molecule has 0 bridgehead atoms. The van der Waals surface area contributed by atoms with E-state index in [1.54, 1.807) is 19.8 Å². The molecule has 2 heterocycles. The molecule has 4 rings (SSSR count). The van der Waals surface area contributed by atoms with Gasteiger partial charge >= 0.3 is 0 Å². The molecule has 168 valence electrons. The lowest BCUT2D eigenvalue weighted by Crippen LogP contribution is -2.42. The van der Waals surface area contributed by atoms with E-state index in [1.165, 1.54) is 12.8 Å². The van der Waals surface area contributed by atoms with E-state index < -0.39 is 0 Å². The minimum Gasteiger partial charge on any atom is -0.383 e. The third kappa shape index (κ3) is 6.33. The topological polar surface area (TPSA) is 96.9 Å². The van der Waals surface area contributed by atoms with Crippen LogP contribution in [0, 0.1) is 5.41 Å². The Hall–Kier alpha value is -2.32. The molecule has 2 aromatic heterocycles. The zero-order valence-corrected chi connectivity index (χ0v) is 18.9. The van der Waals surface area contributed by atoms with Gasteiger partial charge < -0.3 is 20.7 Å². The van der Waals surface area contributed by atoms with Crippen molar-refractivity contribution in [2.24, 2.45) is 5.41 Å². The van der Waals surface area contributed by atoms with E-state index in [0.717, 1.165) is 61.9 Å². The van der Waals surface area contributed by atoms with Crippen LogP contribution in [-0.2, 0) is 4.74 Å². The summed E-state index contributed by atoms with van der Waals surface area (Å²) in [5.41, 5.74) is 2.04. The largest absolute Gasteiger partial charge is 0.383 e. The molecule has 0 saturated heterocycles. The lowest BCUT2D eigenvalue weighted by molar-refractivity contribution is 0.161. The number of rotatable bonds is 10. The van der Waals surface area contributed by atoms with Crippen molar-refractivity contribution in [3.05, 3.63) is 24.8 Å². The van der Waals surface area contributed by atoms with E-state index >= 15 is 0 Å². The Labute approximate surface area is 185 Å². The highest BCUT2D eigenvalue weighted by atomic mass is 16.5. The first-order chi connectivity index (χ1) is 15.0. The number of hydrogen-bond acceptors (Lipinski definition) is 8. The second-order valence-corrected chi connectivity index (χ2v) is 9.46. The molecule has 0 aliphatic heterocycles. The van der Waals surface area contributed by atoms with Crippen molar-refractivity contribution in [1.29, 1.82) is 0 Å². The first-order valence-electron chi connectivity index (χ1n) is 11.4. The Bertz CT molecular complexity index is 849. The van der Waals surface area contributed by atoms with Gasteiger partial charge in [0.25, 0.3) is 0 Å². The van der Waals surface area contributed by atoms with E-state index in [-0.39, 0.29) is 0 Å². The highest BCUT2D eigenvalue weighted by molar-refractivity contribution is 5.61. The van der Waals surface area contributed by atoms with Gasteiger partial charge in [0, 0.05) is 43.9 Å². The Morgan fingerprint density at radius 2 is 1.58 bits per heavy atom. The van der Waals surface area contributed by atoms with Gasteiger partial charge in [-0.15, -0.1) is 0 Å². The summed E-state index contributed by atoms with van der Waals surface area (Å²) >= 11 is 0. The van der Waals surface area contributed by atoms with Crippen molar-refractivity contribution in [2.45, 2.75) is 70.5 Å². The molecule has 8 nitrogen and oxygen atoms in total. The second-order valence-electron chi connectivity index (χ2n) is 9.46. The summed E-state index contributed by atoms with van der Waals surface area (Å²) in [5, 5.41) is 10.7. The maximum atomic E-state index is 5.23. The molecule has 3 N–H and O–H groups in total. The van der Waals surface area contributed by atoms with Crippen LogP contribution in [0.1, 0.15) is 52.4 Å². The average molecular weight is 426 g/mol. The lowest BCUT2D eigenvalue weighted by atomic mass is 9.90. The van der Waals surface area contributed by atoms with E-state index in [2.05, 4.69) is 49.7 Å². The fraction of sp³-hybridized carbons (Fsp3) is 0.652. The molecule has 2 aliphatic carbocycles. The van der Waals surface area contributed by atoms with Crippen molar-refractivity contribution in [3.8, 4) is 11.4 Å². The van der Waals surface area contributed by atoms with Gasteiger partial charge in [0.2, 0.25) is 0 Å². The Morgan fingerprint density at radius 3 is 2.23 bits per heavy atom. The molecule has 2 aromatic rings. The molecule has 2 aliphatic rings. The first-order valence-corrected chi connectivity index (χ1v) is 11.4. The number of methoxy groups -OCH3 is 1. The van der Waals surface area contributed by atoms with Crippen molar-refractivity contribution < 1.29 is 4.74 Å². The van der Waals surface area contributed by atoms with Crippen LogP contribution in [0.4, 0.5) is 11.6 Å². The van der Waals surface area contributed by atoms with Crippen LogP contribution >= 0.6 is 0 Å². The number of hydrogen-bond donors (Lipinski definition) is 3. The van der Waals surface area contributed by atoms with Crippen molar-refractivity contribution in [3.63, 3.8) is 0 Å². The van der Waals surface area contributed by atoms with Crippen LogP contribution in [-0.4, -0.2) is 58.3 Å². The van der Waals surface area contributed by atoms with Crippen LogP contribution in [0.25, 0.3) is 11.4 Å². The quantitative estimate of drug-likeness (QED) is 0.532. The molecule has 2 saturated carbocycles. The van der Waals surface area contributed by atoms with Crippen molar-refractivity contribution in [1.82, 2.24) is 25.3 Å². The summed E-state index contributed by atoms with van der Waals surface area (Å²) in [5.74, 6) is 1.70. The minimum atomic E-state index is 0.392. The Morgan fingerprint density at radius 1 is 0.968 bits per heavy atom. The van der Waals surface area contributed by atoms with Crippen LogP contribution in [0.3, 0.4) is 0 Å². The third-order valence-electron chi connectivity index (χ3n) is 6.41. The third-order valence-corrected chi connectivity index (χ3v) is 6.41. The maximum absolute atomic E-state index is 5.23. The molecule has 1 atom stereocenters. The van der Waals surface area contributed by atoms with Crippen LogP contribution in [0.15, 0.2) is 24.8 Å². The molecule has 0 amide bonds. The number of anilines is 2. The Kier molecular flexibility index (Phi) is 6.97. The summed E-state index contributed by atoms with van der Waals surface area (Å²) in [6, 6.07) is 5.34. The molecule has 8 heteroatoms. The summed E-state index contributed by atoms with van der Waals surface area (Å²) in [7, 11) is 1.75. The van der Waals surface area contributed by atoms with Crippen molar-refractivity contribution >= 4 is 11.6 Å². The van der Waals surface area contributed by atoms with Gasteiger partial charge in [-0.05, 0) is 50.9 Å². The first kappa shape index (κ1) is 21.9. The molecule has 31 heavy (non-hydrogen) atoms. The van der Waals surface area contributed by atoms with Gasteiger partial charge in [-0.25, -0.2) is 19.9 Å². The lowest BCUT2D eigenvalue weighted by Gasteiger charge is -2.31. The van der Waals surface area contributed by atoms with Gasteiger partial charge in [0.05, 0.1) is 18.0 Å². The number of aromatic nitrogens is 4. The molecule has 0 spiro atoms. The highest BCUT2D eigenvalue weighted by Crippen LogP contribution is 2.44. The van der Waals surface area contributed by atoms with Crippen LogP contribution in [0.2, 0.25) is 0 Å². The molecule has 2 fully saturated rings. The van der Waals surface area contributed by atoms with E-state index in [1.807, 2.05) is 12.1 Å². The van der Waals surface area contributed by atoms with E-state index in [9.17, 15) is 0 Å².